The SMILES string of the molecule is CCCCNC(=O)CCN(C(C)=O)c1ccc(C)cc1C. The minimum Gasteiger partial charge on any atom is -0.356 e. The molecule has 21 heavy (non-hydrogen) atoms. The lowest BCUT2D eigenvalue weighted by Crippen LogP contribution is -2.34. The van der Waals surface area contributed by atoms with Gasteiger partial charge in [-0.05, 0) is 31.9 Å². The van der Waals surface area contributed by atoms with Gasteiger partial charge in [0.05, 0.1) is 0 Å². The molecule has 0 aromatic heterocycles. The Morgan fingerprint density at radius 2 is 1.95 bits per heavy atom. The maximum atomic E-state index is 11.8. The Morgan fingerprint density at radius 3 is 2.52 bits per heavy atom. The van der Waals surface area contributed by atoms with Crippen molar-refractivity contribution in [2.24, 2.45) is 0 Å². The third kappa shape index (κ3) is 5.58. The van der Waals surface area contributed by atoms with Gasteiger partial charge in [0, 0.05) is 32.1 Å². The molecule has 0 atom stereocenters. The largest absolute Gasteiger partial charge is 0.356 e. The van der Waals surface area contributed by atoms with Crippen LogP contribution >= 0.6 is 0 Å². The number of carbonyl (C=O) groups excluding carboxylic acids is 2. The predicted molar refractivity (Wildman–Crippen MR) is 86.5 cm³/mol. The molecule has 0 unspecified atom stereocenters. The van der Waals surface area contributed by atoms with Crippen LogP contribution in [-0.4, -0.2) is 24.9 Å². The molecule has 1 aromatic rings. The minimum atomic E-state index is -0.0386. The number of rotatable bonds is 7. The highest BCUT2D eigenvalue weighted by molar-refractivity contribution is 5.93. The van der Waals surface area contributed by atoms with Crippen LogP contribution in [-0.2, 0) is 9.59 Å². The van der Waals surface area contributed by atoms with Gasteiger partial charge in [-0.2, -0.15) is 0 Å². The average Bonchev–Trinajstić information content (AvgIpc) is 2.41. The van der Waals surface area contributed by atoms with Crippen LogP contribution in [0.5, 0.6) is 0 Å². The van der Waals surface area contributed by atoms with Crippen LogP contribution < -0.4 is 10.2 Å². The summed E-state index contributed by atoms with van der Waals surface area (Å²) in [6.07, 6.45) is 2.37. The lowest BCUT2D eigenvalue weighted by molar-refractivity contribution is -0.121. The fourth-order valence-electron chi connectivity index (χ4n) is 2.26. The standard InChI is InChI=1S/C17H26N2O2/c1-5-6-10-18-17(21)9-11-19(15(4)20)16-8-7-13(2)12-14(16)3/h7-8,12H,5-6,9-11H2,1-4H3,(H,18,21). The molecule has 0 aliphatic rings. The second kappa shape index (κ2) is 8.45. The Morgan fingerprint density at radius 1 is 1.24 bits per heavy atom. The number of hydrogen-bond acceptors (Lipinski definition) is 2. The van der Waals surface area contributed by atoms with Crippen molar-refractivity contribution in [3.63, 3.8) is 0 Å². The molecule has 1 N–H and O–H groups in total. The maximum absolute atomic E-state index is 11.8. The number of nitrogens with one attached hydrogen (secondary N) is 1. The third-order valence-electron chi connectivity index (χ3n) is 3.44. The van der Waals surface area contributed by atoms with E-state index >= 15 is 0 Å². The van der Waals surface area contributed by atoms with Gasteiger partial charge >= 0.3 is 0 Å². The fourth-order valence-corrected chi connectivity index (χ4v) is 2.26. The van der Waals surface area contributed by atoms with E-state index in [2.05, 4.69) is 12.2 Å². The van der Waals surface area contributed by atoms with Gasteiger partial charge in [-0.1, -0.05) is 31.0 Å². The van der Waals surface area contributed by atoms with Crippen LogP contribution in [0.3, 0.4) is 0 Å². The first kappa shape index (κ1) is 17.2. The Hall–Kier alpha value is -1.84. The summed E-state index contributed by atoms with van der Waals surface area (Å²) in [4.78, 5) is 25.3. The van der Waals surface area contributed by atoms with Crippen molar-refractivity contribution in [1.82, 2.24) is 5.32 Å². The van der Waals surface area contributed by atoms with Crippen molar-refractivity contribution in [3.05, 3.63) is 29.3 Å². The Balaban J connectivity index is 2.66. The molecule has 0 radical (unpaired) electrons. The molecule has 0 aliphatic carbocycles. The summed E-state index contributed by atoms with van der Waals surface area (Å²) in [5, 5.41) is 2.88. The van der Waals surface area contributed by atoms with E-state index in [0.29, 0.717) is 19.5 Å². The molecule has 0 aliphatic heterocycles. The van der Waals surface area contributed by atoms with Crippen LogP contribution in [0.4, 0.5) is 5.69 Å². The van der Waals surface area contributed by atoms with Crippen LogP contribution in [0.25, 0.3) is 0 Å². The van der Waals surface area contributed by atoms with Crippen molar-refractivity contribution in [3.8, 4) is 0 Å². The van der Waals surface area contributed by atoms with E-state index in [9.17, 15) is 9.59 Å². The molecule has 1 rings (SSSR count). The second-order valence-electron chi connectivity index (χ2n) is 5.41. The number of unbranched alkanes of at least 4 members (excludes halogenated alkanes) is 1. The first-order chi connectivity index (χ1) is 9.95. The smallest absolute Gasteiger partial charge is 0.223 e. The van der Waals surface area contributed by atoms with E-state index in [-0.39, 0.29) is 11.8 Å². The minimum absolute atomic E-state index is 0.000496. The Labute approximate surface area is 127 Å². The molecule has 0 spiro atoms. The second-order valence-corrected chi connectivity index (χ2v) is 5.41. The number of anilines is 1. The van der Waals surface area contributed by atoms with Crippen molar-refractivity contribution in [2.75, 3.05) is 18.0 Å². The van der Waals surface area contributed by atoms with Crippen molar-refractivity contribution >= 4 is 17.5 Å². The quantitative estimate of drug-likeness (QED) is 0.785. The molecular weight excluding hydrogens is 264 g/mol. The Kier molecular flexibility index (Phi) is 6.92. The number of benzene rings is 1. The number of nitrogens with zero attached hydrogens (tertiary/aromatic N) is 1. The summed E-state index contributed by atoms with van der Waals surface area (Å²) in [7, 11) is 0. The first-order valence-corrected chi connectivity index (χ1v) is 7.57. The topological polar surface area (TPSA) is 49.4 Å². The summed E-state index contributed by atoms with van der Waals surface area (Å²) in [6.45, 7) is 8.75. The van der Waals surface area contributed by atoms with Crippen LogP contribution in [0.1, 0.15) is 44.2 Å². The van der Waals surface area contributed by atoms with Crippen molar-refractivity contribution in [1.29, 1.82) is 0 Å². The molecule has 116 valence electrons. The highest BCUT2D eigenvalue weighted by atomic mass is 16.2. The van der Waals surface area contributed by atoms with E-state index in [4.69, 9.17) is 0 Å². The van der Waals surface area contributed by atoms with E-state index in [1.807, 2.05) is 32.0 Å². The summed E-state index contributed by atoms with van der Waals surface area (Å²) < 4.78 is 0. The zero-order valence-corrected chi connectivity index (χ0v) is 13.5. The van der Waals surface area contributed by atoms with Gasteiger partial charge in [-0.25, -0.2) is 0 Å². The number of hydrogen-bond donors (Lipinski definition) is 1. The maximum Gasteiger partial charge on any atom is 0.223 e. The van der Waals surface area contributed by atoms with Gasteiger partial charge < -0.3 is 10.2 Å². The van der Waals surface area contributed by atoms with Crippen LogP contribution in [0, 0.1) is 13.8 Å². The van der Waals surface area contributed by atoms with Gasteiger partial charge in [0.15, 0.2) is 0 Å². The number of carbonyl (C=O) groups is 2. The zero-order valence-electron chi connectivity index (χ0n) is 13.5. The van der Waals surface area contributed by atoms with E-state index in [1.165, 1.54) is 6.92 Å². The number of aryl methyl sites for hydroxylation is 2. The third-order valence-corrected chi connectivity index (χ3v) is 3.44. The first-order valence-electron chi connectivity index (χ1n) is 7.57. The highest BCUT2D eigenvalue weighted by Crippen LogP contribution is 2.21. The van der Waals surface area contributed by atoms with Gasteiger partial charge in [-0.15, -0.1) is 0 Å². The molecule has 0 bridgehead atoms. The summed E-state index contributed by atoms with van der Waals surface area (Å²) >= 11 is 0. The molecular formula is C17H26N2O2. The zero-order chi connectivity index (χ0) is 15.8. The lowest BCUT2D eigenvalue weighted by atomic mass is 10.1. The number of amides is 2. The molecule has 0 heterocycles. The van der Waals surface area contributed by atoms with E-state index in [1.54, 1.807) is 4.90 Å². The highest BCUT2D eigenvalue weighted by Gasteiger charge is 2.15. The molecule has 0 saturated heterocycles. The van der Waals surface area contributed by atoms with Gasteiger partial charge in [0.1, 0.15) is 0 Å². The van der Waals surface area contributed by atoms with E-state index in [0.717, 1.165) is 29.7 Å². The summed E-state index contributed by atoms with van der Waals surface area (Å²) in [5.41, 5.74) is 3.10. The van der Waals surface area contributed by atoms with Crippen LogP contribution in [0.15, 0.2) is 18.2 Å². The van der Waals surface area contributed by atoms with Crippen molar-refractivity contribution in [2.45, 2.75) is 47.0 Å². The monoisotopic (exact) mass is 290 g/mol. The molecule has 4 nitrogen and oxygen atoms in total. The molecule has 1 aromatic carbocycles. The van der Waals surface area contributed by atoms with Gasteiger partial charge in [0.25, 0.3) is 0 Å². The predicted octanol–water partition coefficient (Wildman–Crippen LogP) is 2.96. The summed E-state index contributed by atoms with van der Waals surface area (Å²) in [5.74, 6) is -0.0391. The lowest BCUT2D eigenvalue weighted by Gasteiger charge is -2.23. The van der Waals surface area contributed by atoms with Crippen molar-refractivity contribution < 1.29 is 9.59 Å². The van der Waals surface area contributed by atoms with Gasteiger partial charge in [0.2, 0.25) is 11.8 Å². The van der Waals surface area contributed by atoms with Crippen LogP contribution in [0.2, 0.25) is 0 Å². The Bertz CT molecular complexity index is 498. The molecule has 0 saturated carbocycles. The molecule has 0 fully saturated rings. The van der Waals surface area contributed by atoms with Gasteiger partial charge in [-0.3, -0.25) is 9.59 Å². The summed E-state index contributed by atoms with van der Waals surface area (Å²) in [6, 6.07) is 5.98. The molecule has 4 heteroatoms. The fraction of sp³-hybridized carbons (Fsp3) is 0.529. The average molecular weight is 290 g/mol. The normalized spacial score (nSPS) is 10.3. The van der Waals surface area contributed by atoms with E-state index < -0.39 is 0 Å². The molecule has 2 amide bonds.